The molecule has 2 aromatic rings. The number of hydrogen-bond acceptors (Lipinski definition) is 7. The second-order valence-electron chi connectivity index (χ2n) is 6.48. The quantitative estimate of drug-likeness (QED) is 0.278. The molecule has 4 N–H and O–H groups in total. The van der Waals surface area contributed by atoms with Crippen LogP contribution in [0.3, 0.4) is 0 Å². The van der Waals surface area contributed by atoms with E-state index in [1.165, 1.54) is 6.07 Å². The van der Waals surface area contributed by atoms with Crippen molar-refractivity contribution in [1.82, 2.24) is 5.32 Å². The number of carbonyl (C=O) groups excluding carboxylic acids is 3. The van der Waals surface area contributed by atoms with Crippen LogP contribution in [0, 0.1) is 10.1 Å². The lowest BCUT2D eigenvalue weighted by Crippen LogP contribution is -2.25. The Bertz CT molecular complexity index is 986. The van der Waals surface area contributed by atoms with Gasteiger partial charge in [-0.05, 0) is 37.1 Å². The van der Waals surface area contributed by atoms with Gasteiger partial charge in [-0.2, -0.15) is 0 Å². The van der Waals surface area contributed by atoms with Crippen LogP contribution in [-0.4, -0.2) is 35.4 Å². The molecule has 0 saturated heterocycles. The molecule has 1 aliphatic carbocycles. The number of nitrogens with zero attached hydrogens (tertiary/aromatic N) is 1. The Morgan fingerprint density at radius 3 is 2.59 bits per heavy atom. The zero-order valence-electron chi connectivity index (χ0n) is 15.2. The van der Waals surface area contributed by atoms with Crippen LogP contribution >= 0.6 is 0 Å². The van der Waals surface area contributed by atoms with Gasteiger partial charge in [-0.15, -0.1) is 0 Å². The summed E-state index contributed by atoms with van der Waals surface area (Å²) >= 11 is 0. The lowest BCUT2D eigenvalue weighted by atomic mass is 10.1. The zero-order valence-corrected chi connectivity index (χ0v) is 15.2. The van der Waals surface area contributed by atoms with Gasteiger partial charge < -0.3 is 21.1 Å². The van der Waals surface area contributed by atoms with E-state index in [0.717, 1.165) is 31.0 Å². The number of carbonyl (C=O) groups is 3. The predicted molar refractivity (Wildman–Crippen MR) is 103 cm³/mol. The molecule has 0 heterocycles. The Balaban J connectivity index is 1.55. The van der Waals surface area contributed by atoms with Gasteiger partial charge in [0.1, 0.15) is 0 Å². The molecule has 10 heteroatoms. The van der Waals surface area contributed by atoms with Crippen molar-refractivity contribution in [2.75, 3.05) is 17.7 Å². The average molecular weight is 398 g/mol. The number of benzene rings is 2. The average Bonchev–Trinajstić information content (AvgIpc) is 3.50. The van der Waals surface area contributed by atoms with E-state index in [1.807, 2.05) is 0 Å². The monoisotopic (exact) mass is 398 g/mol. The molecule has 2 amide bonds. The molecular weight excluding hydrogens is 380 g/mol. The van der Waals surface area contributed by atoms with Gasteiger partial charge in [0.05, 0.1) is 16.2 Å². The number of amides is 2. The Kier molecular flexibility index (Phi) is 5.72. The molecule has 29 heavy (non-hydrogen) atoms. The number of non-ortho nitro benzene ring substituents is 1. The highest BCUT2D eigenvalue weighted by Gasteiger charge is 2.24. The van der Waals surface area contributed by atoms with Crippen molar-refractivity contribution >= 4 is 34.8 Å². The maximum absolute atomic E-state index is 12.1. The van der Waals surface area contributed by atoms with Crippen molar-refractivity contribution in [3.05, 3.63) is 63.7 Å². The summed E-state index contributed by atoms with van der Waals surface area (Å²) in [5, 5.41) is 16.1. The van der Waals surface area contributed by atoms with E-state index in [1.54, 1.807) is 18.2 Å². The number of nitro groups is 1. The summed E-state index contributed by atoms with van der Waals surface area (Å²) in [5.41, 5.74) is 5.95. The van der Waals surface area contributed by atoms with Crippen molar-refractivity contribution in [3.63, 3.8) is 0 Å². The normalized spacial score (nSPS) is 12.7. The van der Waals surface area contributed by atoms with Crippen molar-refractivity contribution < 1.29 is 24.0 Å². The number of hydrogen-bond donors (Lipinski definition) is 3. The number of esters is 1. The van der Waals surface area contributed by atoms with Gasteiger partial charge in [0.2, 0.25) is 0 Å². The second kappa shape index (κ2) is 8.38. The molecule has 0 bridgehead atoms. The van der Waals surface area contributed by atoms with Gasteiger partial charge in [-0.25, -0.2) is 4.79 Å². The van der Waals surface area contributed by atoms with Crippen LogP contribution in [-0.2, 0) is 9.53 Å². The van der Waals surface area contributed by atoms with E-state index in [9.17, 15) is 24.5 Å². The van der Waals surface area contributed by atoms with E-state index in [4.69, 9.17) is 10.5 Å². The minimum absolute atomic E-state index is 0.0813. The Morgan fingerprint density at radius 2 is 1.93 bits per heavy atom. The minimum Gasteiger partial charge on any atom is -0.452 e. The number of ether oxygens (including phenoxy) is 1. The van der Waals surface area contributed by atoms with E-state index >= 15 is 0 Å². The van der Waals surface area contributed by atoms with Crippen molar-refractivity contribution in [3.8, 4) is 0 Å². The van der Waals surface area contributed by atoms with E-state index in [-0.39, 0.29) is 28.9 Å². The summed E-state index contributed by atoms with van der Waals surface area (Å²) < 4.78 is 4.90. The second-order valence-corrected chi connectivity index (χ2v) is 6.48. The largest absolute Gasteiger partial charge is 0.452 e. The summed E-state index contributed by atoms with van der Waals surface area (Å²) in [6.45, 7) is -0.590. The van der Waals surface area contributed by atoms with Crippen LogP contribution in [0.1, 0.15) is 33.6 Å². The molecule has 0 aromatic heterocycles. The topological polar surface area (TPSA) is 154 Å². The molecule has 0 spiro atoms. The fourth-order valence-corrected chi connectivity index (χ4v) is 2.49. The summed E-state index contributed by atoms with van der Waals surface area (Å²) in [6.07, 6.45) is 1.93. The fraction of sp³-hybridized carbons (Fsp3) is 0.211. The number of nitrogens with two attached hydrogens (primary N) is 1. The molecule has 1 saturated carbocycles. The summed E-state index contributed by atoms with van der Waals surface area (Å²) in [6, 6.07) is 9.90. The lowest BCUT2D eigenvalue weighted by molar-refractivity contribution is -0.384. The summed E-state index contributed by atoms with van der Waals surface area (Å²) in [7, 11) is 0. The third-order valence-electron chi connectivity index (χ3n) is 4.12. The smallest absolute Gasteiger partial charge is 0.340 e. The minimum atomic E-state index is -0.884. The highest BCUT2D eigenvalue weighted by atomic mass is 16.6. The third-order valence-corrected chi connectivity index (χ3v) is 4.12. The summed E-state index contributed by atoms with van der Waals surface area (Å²) in [5.74, 6) is -1.72. The maximum atomic E-state index is 12.1. The highest BCUT2D eigenvalue weighted by molar-refractivity contribution is 5.99. The van der Waals surface area contributed by atoms with Crippen molar-refractivity contribution in [2.24, 2.45) is 0 Å². The van der Waals surface area contributed by atoms with Gasteiger partial charge in [-0.3, -0.25) is 19.7 Å². The molecule has 2 aromatic carbocycles. The molecule has 1 aliphatic rings. The van der Waals surface area contributed by atoms with Gasteiger partial charge in [-0.1, -0.05) is 6.07 Å². The van der Waals surface area contributed by atoms with Gasteiger partial charge >= 0.3 is 5.97 Å². The molecular formula is C19H18N4O6. The molecule has 3 rings (SSSR count). The Hall–Kier alpha value is -3.95. The standard InChI is InChI=1S/C19H18N4O6/c20-16-9-14(23(27)28)6-7-15(16)19(26)29-10-17(24)21-13-3-1-2-11(8-13)18(25)22-12-4-5-12/h1-3,6-9,12H,4-5,10,20H2,(H,21,24)(H,22,25). The van der Waals surface area contributed by atoms with Crippen LogP contribution in [0.2, 0.25) is 0 Å². The zero-order chi connectivity index (χ0) is 21.0. The van der Waals surface area contributed by atoms with Crippen LogP contribution in [0.25, 0.3) is 0 Å². The number of nitrogen functional groups attached to an aromatic ring is 1. The van der Waals surface area contributed by atoms with Crippen LogP contribution in [0.4, 0.5) is 17.1 Å². The van der Waals surface area contributed by atoms with Crippen LogP contribution in [0.5, 0.6) is 0 Å². The number of rotatable bonds is 7. The van der Waals surface area contributed by atoms with Crippen molar-refractivity contribution in [1.29, 1.82) is 0 Å². The first-order valence-corrected chi connectivity index (χ1v) is 8.75. The molecule has 10 nitrogen and oxygen atoms in total. The molecule has 0 aliphatic heterocycles. The first kappa shape index (κ1) is 19.8. The van der Waals surface area contributed by atoms with E-state index < -0.39 is 23.4 Å². The molecule has 0 radical (unpaired) electrons. The first-order valence-electron chi connectivity index (χ1n) is 8.75. The number of anilines is 2. The molecule has 0 atom stereocenters. The summed E-state index contributed by atoms with van der Waals surface area (Å²) in [4.78, 5) is 46.2. The molecule has 150 valence electrons. The van der Waals surface area contributed by atoms with Crippen LogP contribution in [0.15, 0.2) is 42.5 Å². The molecule has 0 unspecified atom stereocenters. The van der Waals surface area contributed by atoms with Crippen LogP contribution < -0.4 is 16.4 Å². The SMILES string of the molecule is Nc1cc([N+](=O)[O-])ccc1C(=O)OCC(=O)Nc1cccc(C(=O)NC2CC2)c1. The third kappa shape index (κ3) is 5.28. The predicted octanol–water partition coefficient (Wildman–Crippen LogP) is 1.86. The van der Waals surface area contributed by atoms with Gasteiger partial charge in [0.15, 0.2) is 6.61 Å². The van der Waals surface area contributed by atoms with Crippen molar-refractivity contribution in [2.45, 2.75) is 18.9 Å². The number of nitro benzene ring substituents is 1. The van der Waals surface area contributed by atoms with E-state index in [0.29, 0.717) is 11.3 Å². The number of nitrogens with one attached hydrogen (secondary N) is 2. The van der Waals surface area contributed by atoms with Gasteiger partial charge in [0, 0.05) is 29.4 Å². The Morgan fingerprint density at radius 1 is 1.17 bits per heavy atom. The van der Waals surface area contributed by atoms with E-state index in [2.05, 4.69) is 10.6 Å². The Labute approximate surface area is 165 Å². The molecule has 1 fully saturated rings. The van der Waals surface area contributed by atoms with Gasteiger partial charge in [0.25, 0.3) is 17.5 Å². The maximum Gasteiger partial charge on any atom is 0.340 e. The fourth-order valence-electron chi connectivity index (χ4n) is 2.49. The lowest BCUT2D eigenvalue weighted by Gasteiger charge is -2.09. The highest BCUT2D eigenvalue weighted by Crippen LogP contribution is 2.21. The first-order chi connectivity index (χ1) is 13.8.